The lowest BCUT2D eigenvalue weighted by molar-refractivity contribution is -0.139. The molecule has 1 atom stereocenters. The van der Waals surface area contributed by atoms with E-state index in [1.165, 1.54) is 25.7 Å². The summed E-state index contributed by atoms with van der Waals surface area (Å²) in [6.07, 6.45) is 9.81. The third kappa shape index (κ3) is 3.79. The van der Waals surface area contributed by atoms with E-state index in [9.17, 15) is 4.79 Å². The van der Waals surface area contributed by atoms with E-state index in [1.807, 2.05) is 4.90 Å². The number of ether oxygens (including phenoxy) is 1. The average molecular weight is 333 g/mol. The molecule has 2 saturated carbocycles. The molecule has 1 aliphatic heterocycles. The Morgan fingerprint density at radius 2 is 2.00 bits per heavy atom. The van der Waals surface area contributed by atoms with Crippen LogP contribution in [0, 0.1) is 5.92 Å². The second kappa shape index (κ2) is 7.21. The van der Waals surface area contributed by atoms with Crippen LogP contribution in [0.25, 0.3) is 0 Å². The second-order valence-electron chi connectivity index (χ2n) is 7.47. The molecule has 2 aliphatic carbocycles. The number of carbonyl (C=O) groups is 1. The summed E-state index contributed by atoms with van der Waals surface area (Å²) in [5, 5.41) is 4.02. The van der Waals surface area contributed by atoms with Crippen molar-refractivity contribution < 1.29 is 14.1 Å². The van der Waals surface area contributed by atoms with E-state index in [-0.39, 0.29) is 12.0 Å². The van der Waals surface area contributed by atoms with Crippen LogP contribution in [0.15, 0.2) is 4.52 Å². The molecule has 0 aromatic carbocycles. The summed E-state index contributed by atoms with van der Waals surface area (Å²) in [7, 11) is 0. The normalized spacial score (nSPS) is 25.3. The second-order valence-corrected chi connectivity index (χ2v) is 7.47. The number of likely N-dealkylation sites (tertiary alicyclic amines) is 1. The molecule has 6 nitrogen and oxygen atoms in total. The average Bonchev–Trinajstić information content (AvgIpc) is 3.12. The van der Waals surface area contributed by atoms with Crippen molar-refractivity contribution in [2.45, 2.75) is 69.8 Å². The van der Waals surface area contributed by atoms with Gasteiger partial charge in [-0.1, -0.05) is 18.0 Å². The molecule has 2 heterocycles. The third-order valence-corrected chi connectivity index (χ3v) is 5.48. The van der Waals surface area contributed by atoms with Crippen LogP contribution in [0.4, 0.5) is 0 Å². The lowest BCUT2D eigenvalue weighted by Gasteiger charge is -2.34. The predicted molar refractivity (Wildman–Crippen MR) is 87.5 cm³/mol. The Labute approximate surface area is 142 Å². The van der Waals surface area contributed by atoms with Crippen LogP contribution in [-0.4, -0.2) is 46.7 Å². The summed E-state index contributed by atoms with van der Waals surface area (Å²) in [5.41, 5.74) is 0. The van der Waals surface area contributed by atoms with Gasteiger partial charge in [-0.05, 0) is 38.5 Å². The zero-order chi connectivity index (χ0) is 16.4. The van der Waals surface area contributed by atoms with Gasteiger partial charge in [0.1, 0.15) is 0 Å². The highest BCUT2D eigenvalue weighted by molar-refractivity contribution is 5.79. The number of aromatic nitrogens is 2. The van der Waals surface area contributed by atoms with E-state index in [0.717, 1.165) is 50.5 Å². The maximum Gasteiger partial charge on any atom is 0.229 e. The van der Waals surface area contributed by atoms with Crippen LogP contribution < -0.4 is 0 Å². The molecule has 3 aliphatic rings. The first-order chi connectivity index (χ1) is 11.8. The van der Waals surface area contributed by atoms with Gasteiger partial charge in [0.15, 0.2) is 5.82 Å². The highest BCUT2D eigenvalue weighted by Gasteiger charge is 2.31. The Morgan fingerprint density at radius 1 is 1.17 bits per heavy atom. The molecule has 132 valence electrons. The summed E-state index contributed by atoms with van der Waals surface area (Å²) >= 11 is 0. The number of carbonyl (C=O) groups excluding carboxylic acids is 1. The van der Waals surface area contributed by atoms with Gasteiger partial charge in [-0.15, -0.1) is 0 Å². The Balaban J connectivity index is 1.21. The Morgan fingerprint density at radius 3 is 2.79 bits per heavy atom. The van der Waals surface area contributed by atoms with E-state index in [0.29, 0.717) is 24.9 Å². The Kier molecular flexibility index (Phi) is 4.83. The molecule has 0 N–H and O–H groups in total. The fraction of sp³-hybridized carbons (Fsp3) is 0.833. The standard InChI is InChI=1S/C18H27N3O3/c22-18(14-4-1-2-5-14)21-10-3-6-15(12-21)23-11-9-16-19-17(24-20-16)13-7-8-13/h13-15H,1-12H2. The van der Waals surface area contributed by atoms with Gasteiger partial charge in [-0.2, -0.15) is 4.98 Å². The van der Waals surface area contributed by atoms with Crippen LogP contribution in [0.2, 0.25) is 0 Å². The van der Waals surface area contributed by atoms with Gasteiger partial charge in [0.25, 0.3) is 0 Å². The van der Waals surface area contributed by atoms with Crippen molar-refractivity contribution in [2.75, 3.05) is 19.7 Å². The number of rotatable bonds is 6. The van der Waals surface area contributed by atoms with Gasteiger partial charge in [-0.3, -0.25) is 4.79 Å². The lowest BCUT2D eigenvalue weighted by atomic mass is 10.0. The fourth-order valence-corrected chi connectivity index (χ4v) is 3.89. The van der Waals surface area contributed by atoms with Crippen LogP contribution in [0.3, 0.4) is 0 Å². The number of amides is 1. The van der Waals surface area contributed by atoms with Crippen molar-refractivity contribution in [3.63, 3.8) is 0 Å². The van der Waals surface area contributed by atoms with Gasteiger partial charge < -0.3 is 14.2 Å². The van der Waals surface area contributed by atoms with Crippen molar-refractivity contribution in [3.8, 4) is 0 Å². The molecule has 0 radical (unpaired) electrons. The maximum atomic E-state index is 12.6. The van der Waals surface area contributed by atoms with Crippen LogP contribution in [0.5, 0.6) is 0 Å². The molecule has 0 bridgehead atoms. The molecular weight excluding hydrogens is 306 g/mol. The molecule has 1 aromatic rings. The van der Waals surface area contributed by atoms with E-state index in [4.69, 9.17) is 9.26 Å². The summed E-state index contributed by atoms with van der Waals surface area (Å²) in [5.74, 6) is 2.65. The Bertz CT molecular complexity index is 564. The Hall–Kier alpha value is -1.43. The molecule has 0 spiro atoms. The summed E-state index contributed by atoms with van der Waals surface area (Å²) in [4.78, 5) is 19.0. The number of hydrogen-bond donors (Lipinski definition) is 0. The van der Waals surface area contributed by atoms with Gasteiger partial charge in [0.2, 0.25) is 11.8 Å². The number of nitrogens with zero attached hydrogens (tertiary/aromatic N) is 3. The van der Waals surface area contributed by atoms with Crippen molar-refractivity contribution in [3.05, 3.63) is 11.7 Å². The quantitative estimate of drug-likeness (QED) is 0.800. The van der Waals surface area contributed by atoms with Crippen molar-refractivity contribution in [2.24, 2.45) is 5.92 Å². The largest absolute Gasteiger partial charge is 0.376 e. The zero-order valence-corrected chi connectivity index (χ0v) is 14.3. The minimum absolute atomic E-state index is 0.152. The lowest BCUT2D eigenvalue weighted by Crippen LogP contribution is -2.45. The van der Waals surface area contributed by atoms with Crippen molar-refractivity contribution >= 4 is 5.91 Å². The minimum atomic E-state index is 0.152. The SMILES string of the molecule is O=C(C1CCCC1)N1CCCC(OCCc2noc(C3CC3)n2)C1. The minimum Gasteiger partial charge on any atom is -0.376 e. The monoisotopic (exact) mass is 333 g/mol. The number of hydrogen-bond acceptors (Lipinski definition) is 5. The fourth-order valence-electron chi connectivity index (χ4n) is 3.89. The third-order valence-electron chi connectivity index (χ3n) is 5.48. The van der Waals surface area contributed by atoms with Gasteiger partial charge in [-0.25, -0.2) is 0 Å². The van der Waals surface area contributed by atoms with Gasteiger partial charge in [0.05, 0.1) is 12.7 Å². The number of piperidine rings is 1. The molecule has 6 heteroatoms. The predicted octanol–water partition coefficient (Wildman–Crippen LogP) is 2.69. The molecule has 1 saturated heterocycles. The molecule has 3 fully saturated rings. The van der Waals surface area contributed by atoms with Crippen LogP contribution in [-0.2, 0) is 16.0 Å². The molecule has 1 amide bonds. The molecule has 24 heavy (non-hydrogen) atoms. The van der Waals surface area contributed by atoms with Crippen molar-refractivity contribution in [1.29, 1.82) is 0 Å². The maximum absolute atomic E-state index is 12.6. The van der Waals surface area contributed by atoms with Gasteiger partial charge >= 0.3 is 0 Å². The van der Waals surface area contributed by atoms with E-state index in [1.54, 1.807) is 0 Å². The summed E-state index contributed by atoms with van der Waals surface area (Å²) < 4.78 is 11.3. The van der Waals surface area contributed by atoms with Crippen LogP contribution >= 0.6 is 0 Å². The molecule has 4 rings (SSSR count). The summed E-state index contributed by atoms with van der Waals surface area (Å²) in [6, 6.07) is 0. The highest BCUT2D eigenvalue weighted by Crippen LogP contribution is 2.38. The van der Waals surface area contributed by atoms with Crippen LogP contribution in [0.1, 0.15) is 69.0 Å². The van der Waals surface area contributed by atoms with E-state index in [2.05, 4.69) is 10.1 Å². The van der Waals surface area contributed by atoms with E-state index < -0.39 is 0 Å². The molecule has 1 unspecified atom stereocenters. The summed E-state index contributed by atoms with van der Waals surface area (Å²) in [6.45, 7) is 2.24. The van der Waals surface area contributed by atoms with Gasteiger partial charge in [0, 0.05) is 31.3 Å². The molecule has 1 aromatic heterocycles. The topological polar surface area (TPSA) is 68.5 Å². The first-order valence-corrected chi connectivity index (χ1v) is 9.52. The first kappa shape index (κ1) is 16.1. The smallest absolute Gasteiger partial charge is 0.229 e. The zero-order valence-electron chi connectivity index (χ0n) is 14.3. The molecular formula is C18H27N3O3. The van der Waals surface area contributed by atoms with E-state index >= 15 is 0 Å². The van der Waals surface area contributed by atoms with Crippen molar-refractivity contribution in [1.82, 2.24) is 15.0 Å². The first-order valence-electron chi connectivity index (χ1n) is 9.52. The highest BCUT2D eigenvalue weighted by atomic mass is 16.5.